The largest absolute Gasteiger partial charge is 0.264 e. The Labute approximate surface area is 133 Å². The first-order chi connectivity index (χ1) is 9.42. The van der Waals surface area contributed by atoms with E-state index in [2.05, 4.69) is 41.6 Å². The Morgan fingerprint density at radius 1 is 1.20 bits per heavy atom. The van der Waals surface area contributed by atoms with E-state index in [0.717, 1.165) is 0 Å². The van der Waals surface area contributed by atoms with Crippen LogP contribution in [0.4, 0.5) is 5.82 Å². The van der Waals surface area contributed by atoms with Crippen LogP contribution < -0.4 is 4.72 Å². The number of anilines is 1. The Kier molecular flexibility index (Phi) is 4.42. The number of nitrogens with zero attached hydrogens (tertiary/aromatic N) is 2. The minimum Gasteiger partial charge on any atom is -0.263 e. The molecule has 0 aliphatic carbocycles. The van der Waals surface area contributed by atoms with Crippen molar-refractivity contribution in [3.8, 4) is 6.07 Å². The van der Waals surface area contributed by atoms with Gasteiger partial charge in [0.15, 0.2) is 0 Å². The molecule has 0 saturated carbocycles. The summed E-state index contributed by atoms with van der Waals surface area (Å²) in [7, 11) is -3.76. The van der Waals surface area contributed by atoms with Gasteiger partial charge < -0.3 is 0 Å². The fraction of sp³-hybridized carbons (Fsp3) is 0. The SMILES string of the molecule is N#Cc1ccc(NS(=O)(=O)c2cc(Br)ccc2Br)nc1. The molecule has 0 unspecified atom stereocenters. The van der Waals surface area contributed by atoms with E-state index in [1.54, 1.807) is 12.1 Å². The van der Waals surface area contributed by atoms with E-state index in [-0.39, 0.29) is 10.7 Å². The average Bonchev–Trinajstić information content (AvgIpc) is 2.42. The van der Waals surface area contributed by atoms with E-state index in [1.165, 1.54) is 24.4 Å². The number of pyridine rings is 1. The van der Waals surface area contributed by atoms with Crippen LogP contribution in [-0.4, -0.2) is 13.4 Å². The van der Waals surface area contributed by atoms with Gasteiger partial charge in [0.2, 0.25) is 0 Å². The molecule has 2 rings (SSSR count). The Morgan fingerprint density at radius 2 is 1.95 bits per heavy atom. The molecule has 0 spiro atoms. The number of hydrogen-bond acceptors (Lipinski definition) is 4. The highest BCUT2D eigenvalue weighted by atomic mass is 79.9. The summed E-state index contributed by atoms with van der Waals surface area (Å²) in [6, 6.07) is 9.67. The predicted molar refractivity (Wildman–Crippen MR) is 81.6 cm³/mol. The zero-order valence-electron chi connectivity index (χ0n) is 9.84. The summed E-state index contributed by atoms with van der Waals surface area (Å²) in [6.07, 6.45) is 1.30. The van der Waals surface area contributed by atoms with E-state index in [0.29, 0.717) is 14.5 Å². The Balaban J connectivity index is 2.35. The number of halogens is 2. The highest BCUT2D eigenvalue weighted by Crippen LogP contribution is 2.27. The van der Waals surface area contributed by atoms with Crippen molar-refractivity contribution in [3.63, 3.8) is 0 Å². The average molecular weight is 417 g/mol. The third kappa shape index (κ3) is 3.36. The third-order valence-electron chi connectivity index (χ3n) is 2.31. The molecule has 1 aromatic heterocycles. The second-order valence-corrected chi connectivity index (χ2v) is 7.14. The van der Waals surface area contributed by atoms with Gasteiger partial charge in [0, 0.05) is 15.1 Å². The van der Waals surface area contributed by atoms with E-state index in [4.69, 9.17) is 5.26 Å². The zero-order chi connectivity index (χ0) is 14.8. The van der Waals surface area contributed by atoms with Crippen molar-refractivity contribution < 1.29 is 8.42 Å². The van der Waals surface area contributed by atoms with Crippen molar-refractivity contribution in [2.75, 3.05) is 4.72 Å². The van der Waals surface area contributed by atoms with Crippen molar-refractivity contribution in [2.24, 2.45) is 0 Å². The van der Waals surface area contributed by atoms with Crippen LogP contribution in [0.3, 0.4) is 0 Å². The Hall–Kier alpha value is -1.43. The number of nitriles is 1. The van der Waals surface area contributed by atoms with E-state index < -0.39 is 10.0 Å². The van der Waals surface area contributed by atoms with Crippen LogP contribution in [0.1, 0.15) is 5.56 Å². The summed E-state index contributed by atoms with van der Waals surface area (Å²) in [6.45, 7) is 0. The molecule has 1 aromatic carbocycles. The molecular formula is C12H7Br2N3O2S. The normalized spacial score (nSPS) is 10.8. The van der Waals surface area contributed by atoms with Crippen LogP contribution in [-0.2, 0) is 10.0 Å². The van der Waals surface area contributed by atoms with Crippen LogP contribution in [0.2, 0.25) is 0 Å². The number of hydrogen-bond donors (Lipinski definition) is 1. The minimum absolute atomic E-state index is 0.0954. The molecule has 5 nitrogen and oxygen atoms in total. The first-order valence-electron chi connectivity index (χ1n) is 5.26. The highest BCUT2D eigenvalue weighted by molar-refractivity contribution is 9.11. The summed E-state index contributed by atoms with van der Waals surface area (Å²) >= 11 is 6.43. The smallest absolute Gasteiger partial charge is 0.263 e. The van der Waals surface area contributed by atoms with E-state index >= 15 is 0 Å². The predicted octanol–water partition coefficient (Wildman–Crippen LogP) is 3.28. The molecule has 0 fully saturated rings. The van der Waals surface area contributed by atoms with Crippen molar-refractivity contribution in [2.45, 2.75) is 4.90 Å². The Bertz CT molecular complexity index is 783. The second kappa shape index (κ2) is 5.91. The number of aromatic nitrogens is 1. The van der Waals surface area contributed by atoms with Crippen molar-refractivity contribution in [1.82, 2.24) is 4.98 Å². The van der Waals surface area contributed by atoms with Crippen LogP contribution in [0.15, 0.2) is 50.4 Å². The number of nitrogens with one attached hydrogen (secondary N) is 1. The van der Waals surface area contributed by atoms with Gasteiger partial charge in [0.1, 0.15) is 16.8 Å². The topological polar surface area (TPSA) is 82.9 Å². The van der Waals surface area contributed by atoms with Crippen molar-refractivity contribution in [1.29, 1.82) is 5.26 Å². The molecule has 0 bridgehead atoms. The monoisotopic (exact) mass is 415 g/mol. The molecule has 20 heavy (non-hydrogen) atoms. The van der Waals surface area contributed by atoms with E-state index in [9.17, 15) is 8.42 Å². The molecule has 2 aromatic rings. The molecule has 1 heterocycles. The number of sulfonamides is 1. The quantitative estimate of drug-likeness (QED) is 0.832. The maximum absolute atomic E-state index is 12.3. The lowest BCUT2D eigenvalue weighted by atomic mass is 10.3. The molecule has 1 N–H and O–H groups in total. The lowest BCUT2D eigenvalue weighted by Crippen LogP contribution is -2.14. The van der Waals surface area contributed by atoms with Crippen LogP contribution in [0.5, 0.6) is 0 Å². The van der Waals surface area contributed by atoms with Crippen molar-refractivity contribution in [3.05, 3.63) is 51.0 Å². The molecule has 0 aliphatic heterocycles. The fourth-order valence-electron chi connectivity index (χ4n) is 1.40. The fourth-order valence-corrected chi connectivity index (χ4v) is 3.91. The van der Waals surface area contributed by atoms with Gasteiger partial charge in [-0.3, -0.25) is 4.72 Å². The lowest BCUT2D eigenvalue weighted by Gasteiger charge is -2.09. The van der Waals surface area contributed by atoms with Gasteiger partial charge in [-0.25, -0.2) is 13.4 Å². The van der Waals surface area contributed by atoms with Gasteiger partial charge in [-0.15, -0.1) is 0 Å². The molecule has 102 valence electrons. The first kappa shape index (κ1) is 15.0. The molecule has 8 heteroatoms. The summed E-state index contributed by atoms with van der Waals surface area (Å²) in [5.41, 5.74) is 0.358. The maximum atomic E-state index is 12.3. The van der Waals surface area contributed by atoms with Crippen LogP contribution in [0.25, 0.3) is 0 Å². The molecule has 0 aliphatic rings. The lowest BCUT2D eigenvalue weighted by molar-refractivity contribution is 0.600. The minimum atomic E-state index is -3.76. The van der Waals surface area contributed by atoms with Gasteiger partial charge in [0.25, 0.3) is 10.0 Å². The first-order valence-corrected chi connectivity index (χ1v) is 8.33. The van der Waals surface area contributed by atoms with Gasteiger partial charge in [-0.1, -0.05) is 15.9 Å². The molecule has 0 saturated heterocycles. The van der Waals surface area contributed by atoms with Gasteiger partial charge in [-0.05, 0) is 46.3 Å². The summed E-state index contributed by atoms with van der Waals surface area (Å²) < 4.78 is 28.0. The molecule has 0 radical (unpaired) electrons. The summed E-state index contributed by atoms with van der Waals surface area (Å²) in [5.74, 6) is 0.149. The van der Waals surface area contributed by atoms with Crippen molar-refractivity contribution >= 4 is 47.7 Å². The van der Waals surface area contributed by atoms with Gasteiger partial charge >= 0.3 is 0 Å². The highest BCUT2D eigenvalue weighted by Gasteiger charge is 2.18. The maximum Gasteiger partial charge on any atom is 0.264 e. The molecule has 0 amide bonds. The van der Waals surface area contributed by atoms with Crippen LogP contribution >= 0.6 is 31.9 Å². The standard InChI is InChI=1S/C12H7Br2N3O2S/c13-9-2-3-10(14)11(5-9)20(18,19)17-12-4-1-8(6-15)7-16-12/h1-5,7H,(H,16,17). The van der Waals surface area contributed by atoms with Gasteiger partial charge in [0.05, 0.1) is 5.56 Å². The molecular weight excluding hydrogens is 410 g/mol. The second-order valence-electron chi connectivity index (χ2n) is 3.72. The summed E-state index contributed by atoms with van der Waals surface area (Å²) in [4.78, 5) is 3.97. The van der Waals surface area contributed by atoms with Gasteiger partial charge in [-0.2, -0.15) is 5.26 Å². The van der Waals surface area contributed by atoms with E-state index in [1.807, 2.05) is 6.07 Å². The van der Waals surface area contributed by atoms with Crippen LogP contribution in [0, 0.1) is 11.3 Å². The summed E-state index contributed by atoms with van der Waals surface area (Å²) in [5, 5.41) is 8.67. The zero-order valence-corrected chi connectivity index (χ0v) is 13.8. The Morgan fingerprint density at radius 3 is 2.55 bits per heavy atom. The number of rotatable bonds is 3. The third-order valence-corrected chi connectivity index (χ3v) is 5.16. The molecule has 0 atom stereocenters. The number of benzene rings is 1.